The summed E-state index contributed by atoms with van der Waals surface area (Å²) >= 11 is 0. The highest BCUT2D eigenvalue weighted by Gasteiger charge is 2.26. The molecule has 1 fully saturated rings. The van der Waals surface area contributed by atoms with Gasteiger partial charge in [-0.3, -0.25) is 0 Å². The summed E-state index contributed by atoms with van der Waals surface area (Å²) in [7, 11) is -2.02. The van der Waals surface area contributed by atoms with Crippen LogP contribution >= 0.6 is 0 Å². The molecule has 2 N–H and O–H groups in total. The largest absolute Gasteiger partial charge is 0.317 e. The van der Waals surface area contributed by atoms with E-state index in [1.165, 1.54) is 13.5 Å². The second-order valence-electron chi connectivity index (χ2n) is 5.35. The van der Waals surface area contributed by atoms with E-state index in [1.807, 2.05) is 6.07 Å². The Kier molecular flexibility index (Phi) is 4.67. The lowest BCUT2D eigenvalue weighted by Crippen LogP contribution is -2.47. The van der Waals surface area contributed by atoms with E-state index < -0.39 is 10.0 Å². The number of hydrogen-bond acceptors (Lipinski definition) is 4. The molecule has 20 heavy (non-hydrogen) atoms. The van der Waals surface area contributed by atoms with Gasteiger partial charge in [0.2, 0.25) is 10.0 Å². The quantitative estimate of drug-likeness (QED) is 0.894. The molecule has 1 aromatic carbocycles. The maximum atomic E-state index is 12.1. The van der Waals surface area contributed by atoms with Crippen LogP contribution in [0.4, 0.5) is 5.69 Å². The Morgan fingerprint density at radius 2 is 1.75 bits per heavy atom. The second kappa shape index (κ2) is 6.11. The molecule has 2 unspecified atom stereocenters. The molecule has 1 saturated heterocycles. The highest BCUT2D eigenvalue weighted by Crippen LogP contribution is 2.26. The van der Waals surface area contributed by atoms with E-state index in [9.17, 15) is 8.42 Å². The van der Waals surface area contributed by atoms with Crippen LogP contribution in [0.1, 0.15) is 33.1 Å². The molecule has 112 valence electrons. The number of rotatable bonds is 4. The van der Waals surface area contributed by atoms with Gasteiger partial charge < -0.3 is 5.43 Å². The third-order valence-electron chi connectivity index (χ3n) is 3.89. The van der Waals surface area contributed by atoms with Gasteiger partial charge in [-0.2, -0.15) is 0 Å². The van der Waals surface area contributed by atoms with Crippen LogP contribution in [0.25, 0.3) is 0 Å². The third kappa shape index (κ3) is 3.13. The fraction of sp³-hybridized carbons (Fsp3) is 0.571. The van der Waals surface area contributed by atoms with E-state index >= 15 is 0 Å². The number of anilines is 1. The van der Waals surface area contributed by atoms with Crippen LogP contribution < -0.4 is 10.1 Å². The molecule has 0 radical (unpaired) electrons. The number of piperidine rings is 1. The Labute approximate surface area is 121 Å². The van der Waals surface area contributed by atoms with Crippen LogP contribution in [0.3, 0.4) is 0 Å². The number of para-hydroxylation sites is 1. The molecule has 1 aliphatic rings. The van der Waals surface area contributed by atoms with Crippen molar-refractivity contribution in [1.82, 2.24) is 9.73 Å². The fourth-order valence-electron chi connectivity index (χ4n) is 2.68. The van der Waals surface area contributed by atoms with Crippen molar-refractivity contribution in [2.75, 3.05) is 12.5 Å². The number of hydrogen-bond donors (Lipinski definition) is 2. The molecule has 1 heterocycles. The molecule has 0 amide bonds. The lowest BCUT2D eigenvalue weighted by molar-refractivity contribution is 0.135. The molecule has 0 saturated carbocycles. The SMILES string of the molecule is CNS(=O)(=O)c1ccccc1NN1C(C)CCCC1C. The van der Waals surface area contributed by atoms with Crippen LogP contribution in [0.2, 0.25) is 0 Å². The molecule has 2 rings (SSSR count). The number of nitrogens with zero attached hydrogens (tertiary/aromatic N) is 1. The van der Waals surface area contributed by atoms with Gasteiger partial charge in [0, 0.05) is 12.1 Å². The summed E-state index contributed by atoms with van der Waals surface area (Å²) in [4.78, 5) is 0.285. The van der Waals surface area contributed by atoms with Gasteiger partial charge in [-0.1, -0.05) is 18.6 Å². The molecule has 0 aromatic heterocycles. The van der Waals surface area contributed by atoms with E-state index in [-0.39, 0.29) is 4.90 Å². The van der Waals surface area contributed by atoms with Crippen molar-refractivity contribution in [2.45, 2.75) is 50.1 Å². The second-order valence-corrected chi connectivity index (χ2v) is 7.21. The van der Waals surface area contributed by atoms with E-state index in [0.29, 0.717) is 17.8 Å². The van der Waals surface area contributed by atoms with E-state index in [2.05, 4.69) is 29.0 Å². The van der Waals surface area contributed by atoms with Crippen LogP contribution in [-0.2, 0) is 10.0 Å². The maximum absolute atomic E-state index is 12.1. The minimum absolute atomic E-state index is 0.285. The van der Waals surface area contributed by atoms with Crippen molar-refractivity contribution in [3.8, 4) is 0 Å². The van der Waals surface area contributed by atoms with Gasteiger partial charge in [0.15, 0.2) is 0 Å². The molecule has 0 aliphatic carbocycles. The van der Waals surface area contributed by atoms with Gasteiger partial charge in [0.25, 0.3) is 0 Å². The summed E-state index contributed by atoms with van der Waals surface area (Å²) in [6.07, 6.45) is 3.47. The molecule has 1 aromatic rings. The Hall–Kier alpha value is -1.11. The monoisotopic (exact) mass is 297 g/mol. The van der Waals surface area contributed by atoms with Gasteiger partial charge in [0.1, 0.15) is 4.90 Å². The van der Waals surface area contributed by atoms with E-state index in [4.69, 9.17) is 0 Å². The molecule has 2 atom stereocenters. The predicted octanol–water partition coefficient (Wildman–Crippen LogP) is 2.18. The zero-order chi connectivity index (χ0) is 14.8. The highest BCUT2D eigenvalue weighted by atomic mass is 32.2. The van der Waals surface area contributed by atoms with Gasteiger partial charge in [0.05, 0.1) is 5.69 Å². The zero-order valence-corrected chi connectivity index (χ0v) is 13.1. The van der Waals surface area contributed by atoms with Gasteiger partial charge >= 0.3 is 0 Å². The van der Waals surface area contributed by atoms with Crippen molar-refractivity contribution in [1.29, 1.82) is 0 Å². The standard InChI is InChI=1S/C14H23N3O2S/c1-11-7-6-8-12(2)17(11)16-13-9-4-5-10-14(13)20(18,19)15-3/h4-5,9-12,15-16H,6-8H2,1-3H3. The fourth-order valence-corrected chi connectivity index (χ4v) is 3.56. The predicted molar refractivity (Wildman–Crippen MR) is 80.9 cm³/mol. The summed E-state index contributed by atoms with van der Waals surface area (Å²) in [5, 5.41) is 2.16. The molecular weight excluding hydrogens is 274 g/mol. The lowest BCUT2D eigenvalue weighted by Gasteiger charge is -2.39. The Morgan fingerprint density at radius 3 is 2.35 bits per heavy atom. The average Bonchev–Trinajstić information content (AvgIpc) is 2.43. The maximum Gasteiger partial charge on any atom is 0.242 e. The number of nitrogens with one attached hydrogen (secondary N) is 2. The van der Waals surface area contributed by atoms with Gasteiger partial charge in [-0.25, -0.2) is 18.1 Å². The summed E-state index contributed by atoms with van der Waals surface area (Å²) in [6.45, 7) is 4.33. The van der Waals surface area contributed by atoms with Crippen LogP contribution in [0.15, 0.2) is 29.2 Å². The first-order valence-electron chi connectivity index (χ1n) is 7.03. The normalized spacial score (nSPS) is 24.6. The van der Waals surface area contributed by atoms with Gasteiger partial charge in [-0.05, 0) is 45.9 Å². The van der Waals surface area contributed by atoms with Crippen molar-refractivity contribution >= 4 is 15.7 Å². The van der Waals surface area contributed by atoms with Crippen molar-refractivity contribution in [3.63, 3.8) is 0 Å². The first kappa shape index (κ1) is 15.3. The van der Waals surface area contributed by atoms with Crippen LogP contribution in [0, 0.1) is 0 Å². The summed E-state index contributed by atoms with van der Waals surface area (Å²) < 4.78 is 26.5. The highest BCUT2D eigenvalue weighted by molar-refractivity contribution is 7.89. The molecule has 0 bridgehead atoms. The minimum atomic E-state index is -3.45. The number of sulfonamides is 1. The third-order valence-corrected chi connectivity index (χ3v) is 5.36. The molecule has 6 heteroatoms. The van der Waals surface area contributed by atoms with Crippen molar-refractivity contribution < 1.29 is 8.42 Å². The van der Waals surface area contributed by atoms with Crippen LogP contribution in [0.5, 0.6) is 0 Å². The van der Waals surface area contributed by atoms with E-state index in [1.54, 1.807) is 18.2 Å². The van der Waals surface area contributed by atoms with E-state index in [0.717, 1.165) is 12.8 Å². The molecule has 0 spiro atoms. The molecule has 5 nitrogen and oxygen atoms in total. The average molecular weight is 297 g/mol. The summed E-state index contributed by atoms with van der Waals surface area (Å²) in [5.74, 6) is 0. The number of hydrazine groups is 1. The van der Waals surface area contributed by atoms with Gasteiger partial charge in [-0.15, -0.1) is 0 Å². The summed E-state index contributed by atoms with van der Waals surface area (Å²) in [5.41, 5.74) is 3.93. The first-order chi connectivity index (χ1) is 9.45. The molecule has 1 aliphatic heterocycles. The Balaban J connectivity index is 2.30. The zero-order valence-electron chi connectivity index (χ0n) is 12.3. The summed E-state index contributed by atoms with van der Waals surface area (Å²) in [6, 6.07) is 7.79. The van der Waals surface area contributed by atoms with Crippen molar-refractivity contribution in [2.24, 2.45) is 0 Å². The van der Waals surface area contributed by atoms with Crippen molar-refractivity contribution in [3.05, 3.63) is 24.3 Å². The first-order valence-corrected chi connectivity index (χ1v) is 8.51. The van der Waals surface area contributed by atoms with Crippen LogP contribution in [-0.4, -0.2) is 32.6 Å². The smallest absolute Gasteiger partial charge is 0.242 e. The Morgan fingerprint density at radius 1 is 1.15 bits per heavy atom. The lowest BCUT2D eigenvalue weighted by atomic mass is 10.00. The molecular formula is C14H23N3O2S. The Bertz CT molecular complexity index is 549. The minimum Gasteiger partial charge on any atom is -0.317 e. The topological polar surface area (TPSA) is 61.4 Å². The number of benzene rings is 1.